The predicted molar refractivity (Wildman–Crippen MR) is 75.4 cm³/mol. The third-order valence-electron chi connectivity index (χ3n) is 2.45. The zero-order valence-corrected chi connectivity index (χ0v) is 11.9. The van der Waals surface area contributed by atoms with Crippen molar-refractivity contribution in [3.05, 3.63) is 47.5 Å². The fourth-order valence-corrected chi connectivity index (χ4v) is 2.90. The zero-order valence-electron chi connectivity index (χ0n) is 10.3. The second-order valence-corrected chi connectivity index (χ2v) is 5.67. The van der Waals surface area contributed by atoms with E-state index in [1.165, 1.54) is 12.1 Å². The number of halogens is 1. The van der Waals surface area contributed by atoms with Gasteiger partial charge >= 0.3 is 0 Å². The molecule has 19 heavy (non-hydrogen) atoms. The molecule has 0 aliphatic heterocycles. The summed E-state index contributed by atoms with van der Waals surface area (Å²) in [7, 11) is -1.42. The highest BCUT2D eigenvalue weighted by Gasteiger charge is 2.14. The van der Waals surface area contributed by atoms with E-state index in [-0.39, 0.29) is 5.75 Å². The summed E-state index contributed by atoms with van der Waals surface area (Å²) in [5.41, 5.74) is 0. The predicted octanol–water partition coefficient (Wildman–Crippen LogP) is 3.61. The maximum atomic E-state index is 12.5. The number of hydrogen-bond donors (Lipinski definition) is 1. The van der Waals surface area contributed by atoms with Crippen LogP contribution in [0.25, 0.3) is 0 Å². The lowest BCUT2D eigenvalue weighted by Gasteiger charge is -2.10. The van der Waals surface area contributed by atoms with Gasteiger partial charge in [-0.2, -0.15) is 0 Å². The molecular weight excluding hydrogens is 284 g/mol. The van der Waals surface area contributed by atoms with Crippen molar-refractivity contribution in [1.82, 2.24) is 0 Å². The molecule has 0 radical (unpaired) electrons. The molecule has 0 bridgehead atoms. The van der Waals surface area contributed by atoms with Crippen LogP contribution in [0.4, 0.5) is 0 Å². The topological polar surface area (TPSA) is 46.5 Å². The first-order valence-corrected chi connectivity index (χ1v) is 7.27. The van der Waals surface area contributed by atoms with Gasteiger partial charge in [0.2, 0.25) is 0 Å². The molecule has 0 saturated heterocycles. The molecule has 1 unspecified atom stereocenters. The molecule has 1 atom stereocenters. The minimum atomic E-state index is -1.42. The Kier molecular flexibility index (Phi) is 4.45. The second kappa shape index (κ2) is 6.08. The van der Waals surface area contributed by atoms with Crippen LogP contribution in [-0.4, -0.2) is 15.9 Å². The zero-order chi connectivity index (χ0) is 13.8. The van der Waals surface area contributed by atoms with Gasteiger partial charge in [-0.15, -0.1) is 0 Å². The SMILES string of the molecule is CCOc1ccc(O)cc1S(=O)c1ccc(Cl)cc1. The molecule has 2 aromatic rings. The standard InChI is InChI=1S/C14H13ClO3S/c1-2-18-13-8-5-11(16)9-14(13)19(17)12-6-3-10(15)4-7-12/h3-9,16H,2H2,1H3. The Labute approximate surface area is 119 Å². The Hall–Kier alpha value is -1.52. The van der Waals surface area contributed by atoms with Crippen molar-refractivity contribution in [1.29, 1.82) is 0 Å². The molecule has 0 spiro atoms. The summed E-state index contributed by atoms with van der Waals surface area (Å²) in [6.45, 7) is 2.32. The van der Waals surface area contributed by atoms with Crippen molar-refractivity contribution in [2.45, 2.75) is 16.7 Å². The monoisotopic (exact) mass is 296 g/mol. The van der Waals surface area contributed by atoms with Crippen molar-refractivity contribution >= 4 is 22.4 Å². The lowest BCUT2D eigenvalue weighted by Crippen LogP contribution is -1.99. The van der Waals surface area contributed by atoms with Crippen LogP contribution >= 0.6 is 11.6 Å². The first-order valence-electron chi connectivity index (χ1n) is 5.75. The fraction of sp³-hybridized carbons (Fsp3) is 0.143. The Bertz CT molecular complexity index is 596. The summed E-state index contributed by atoms with van der Waals surface area (Å²) in [6, 6.07) is 11.3. The number of phenols is 1. The van der Waals surface area contributed by atoms with Crippen LogP contribution in [0.5, 0.6) is 11.5 Å². The third kappa shape index (κ3) is 3.28. The summed E-state index contributed by atoms with van der Waals surface area (Å²) < 4.78 is 17.9. The van der Waals surface area contributed by atoms with Crippen LogP contribution in [0.1, 0.15) is 6.92 Å². The lowest BCUT2D eigenvalue weighted by molar-refractivity contribution is 0.330. The average Bonchev–Trinajstić information content (AvgIpc) is 2.41. The quantitative estimate of drug-likeness (QED) is 0.937. The molecule has 0 aliphatic rings. The van der Waals surface area contributed by atoms with Gasteiger partial charge in [-0.25, -0.2) is 4.21 Å². The lowest BCUT2D eigenvalue weighted by atomic mass is 10.3. The van der Waals surface area contributed by atoms with Crippen molar-refractivity contribution in [3.8, 4) is 11.5 Å². The van der Waals surface area contributed by atoms with Crippen LogP contribution in [0.2, 0.25) is 5.02 Å². The van der Waals surface area contributed by atoms with Crippen molar-refractivity contribution in [2.75, 3.05) is 6.61 Å². The van der Waals surface area contributed by atoms with Crippen LogP contribution in [0.15, 0.2) is 52.3 Å². The van der Waals surface area contributed by atoms with Gasteiger partial charge in [0.25, 0.3) is 0 Å². The molecular formula is C14H13ClO3S. The maximum Gasteiger partial charge on any atom is 0.136 e. The summed E-state index contributed by atoms with van der Waals surface area (Å²) in [5.74, 6) is 0.564. The highest BCUT2D eigenvalue weighted by molar-refractivity contribution is 7.85. The molecule has 1 N–H and O–H groups in total. The van der Waals surface area contributed by atoms with Crippen molar-refractivity contribution < 1.29 is 14.1 Å². The molecule has 0 aliphatic carbocycles. The maximum absolute atomic E-state index is 12.5. The first-order chi connectivity index (χ1) is 9.11. The largest absolute Gasteiger partial charge is 0.508 e. The van der Waals surface area contributed by atoms with Gasteiger partial charge in [0, 0.05) is 16.0 Å². The van der Waals surface area contributed by atoms with E-state index in [1.807, 2.05) is 6.92 Å². The summed E-state index contributed by atoms with van der Waals surface area (Å²) in [5, 5.41) is 10.1. The molecule has 0 saturated carbocycles. The van der Waals surface area contributed by atoms with Crippen molar-refractivity contribution in [3.63, 3.8) is 0 Å². The minimum absolute atomic E-state index is 0.0563. The van der Waals surface area contributed by atoms with E-state index in [4.69, 9.17) is 16.3 Å². The van der Waals surface area contributed by atoms with E-state index in [2.05, 4.69) is 0 Å². The minimum Gasteiger partial charge on any atom is -0.508 e. The van der Waals surface area contributed by atoms with Crippen LogP contribution in [0.3, 0.4) is 0 Å². The molecule has 5 heteroatoms. The van der Waals surface area contributed by atoms with Crippen LogP contribution < -0.4 is 4.74 Å². The first kappa shape index (κ1) is 13.9. The molecule has 2 aromatic carbocycles. The molecule has 0 heterocycles. The van der Waals surface area contributed by atoms with Crippen LogP contribution in [0, 0.1) is 0 Å². The van der Waals surface area contributed by atoms with Gasteiger partial charge < -0.3 is 9.84 Å². The number of phenolic OH excluding ortho intramolecular Hbond substituents is 1. The number of aromatic hydroxyl groups is 1. The number of rotatable bonds is 4. The Morgan fingerprint density at radius 2 is 1.89 bits per heavy atom. The van der Waals surface area contributed by atoms with E-state index in [0.29, 0.717) is 27.2 Å². The fourth-order valence-electron chi connectivity index (χ4n) is 1.60. The number of ether oxygens (including phenoxy) is 1. The van der Waals surface area contributed by atoms with Gasteiger partial charge in [-0.3, -0.25) is 0 Å². The highest BCUT2D eigenvalue weighted by atomic mass is 35.5. The second-order valence-electron chi connectivity index (χ2n) is 3.79. The van der Waals surface area contributed by atoms with E-state index in [9.17, 15) is 9.32 Å². The summed E-state index contributed by atoms with van der Waals surface area (Å²) in [4.78, 5) is 1.06. The normalized spacial score (nSPS) is 12.1. The van der Waals surface area contributed by atoms with E-state index in [1.54, 1.807) is 30.3 Å². The van der Waals surface area contributed by atoms with Gasteiger partial charge in [0.05, 0.1) is 22.3 Å². The van der Waals surface area contributed by atoms with E-state index >= 15 is 0 Å². The molecule has 3 nitrogen and oxygen atoms in total. The van der Waals surface area contributed by atoms with E-state index in [0.717, 1.165) is 0 Å². The van der Waals surface area contributed by atoms with Crippen molar-refractivity contribution in [2.24, 2.45) is 0 Å². The summed E-state index contributed by atoms with van der Waals surface area (Å²) >= 11 is 5.80. The number of hydrogen-bond acceptors (Lipinski definition) is 3. The van der Waals surface area contributed by atoms with Gasteiger partial charge in [0.1, 0.15) is 11.5 Å². The van der Waals surface area contributed by atoms with Gasteiger partial charge in [-0.1, -0.05) is 11.6 Å². The Morgan fingerprint density at radius 3 is 2.53 bits per heavy atom. The van der Waals surface area contributed by atoms with Gasteiger partial charge in [-0.05, 0) is 43.3 Å². The average molecular weight is 297 g/mol. The van der Waals surface area contributed by atoms with E-state index < -0.39 is 10.8 Å². The molecule has 2 rings (SSSR count). The summed E-state index contributed by atoms with van der Waals surface area (Å²) in [6.07, 6.45) is 0. The Balaban J connectivity index is 2.42. The highest BCUT2D eigenvalue weighted by Crippen LogP contribution is 2.30. The van der Waals surface area contributed by atoms with Crippen LogP contribution in [-0.2, 0) is 10.8 Å². The molecule has 0 fully saturated rings. The third-order valence-corrected chi connectivity index (χ3v) is 4.13. The Morgan fingerprint density at radius 1 is 1.21 bits per heavy atom. The molecule has 100 valence electrons. The smallest absolute Gasteiger partial charge is 0.136 e. The number of benzene rings is 2. The molecule has 0 aromatic heterocycles. The van der Waals surface area contributed by atoms with Gasteiger partial charge in [0.15, 0.2) is 0 Å². The molecule has 0 amide bonds.